The highest BCUT2D eigenvalue weighted by atomic mass is 35.5. The first-order chi connectivity index (χ1) is 17.0. The first-order valence-electron chi connectivity index (χ1n) is 11.3. The van der Waals surface area contributed by atoms with E-state index >= 15 is 0 Å². The van der Waals surface area contributed by atoms with Gasteiger partial charge in [-0.1, -0.05) is 72.3 Å². The smallest absolute Gasteiger partial charge is 0.339 e. The number of nitrogens with zero attached hydrogens (tertiary/aromatic N) is 1. The van der Waals surface area contributed by atoms with E-state index in [4.69, 9.17) is 21.1 Å². The van der Waals surface area contributed by atoms with Crippen LogP contribution >= 0.6 is 11.6 Å². The van der Waals surface area contributed by atoms with Gasteiger partial charge in [0.2, 0.25) is 0 Å². The van der Waals surface area contributed by atoms with Crippen molar-refractivity contribution in [1.82, 2.24) is 5.43 Å². The zero-order valence-corrected chi connectivity index (χ0v) is 20.3. The first kappa shape index (κ1) is 24.1. The Morgan fingerprint density at radius 2 is 1.77 bits per heavy atom. The molecule has 4 aromatic rings. The van der Waals surface area contributed by atoms with E-state index in [0.29, 0.717) is 35.3 Å². The zero-order chi connectivity index (χ0) is 24.6. The summed E-state index contributed by atoms with van der Waals surface area (Å²) in [5.41, 5.74) is 5.85. The molecule has 0 spiro atoms. The van der Waals surface area contributed by atoms with Crippen LogP contribution in [-0.2, 0) is 6.61 Å². The minimum atomic E-state index is -0.443. The Labute approximate surface area is 209 Å². The second-order valence-corrected chi connectivity index (χ2v) is 8.24. The van der Waals surface area contributed by atoms with Crippen LogP contribution in [0.1, 0.15) is 23.6 Å². The first-order valence-corrected chi connectivity index (χ1v) is 11.6. The van der Waals surface area contributed by atoms with Crippen molar-refractivity contribution in [3.8, 4) is 11.5 Å². The van der Waals surface area contributed by atoms with Crippen molar-refractivity contribution in [1.29, 1.82) is 0 Å². The molecule has 2 N–H and O–H groups in total. The van der Waals surface area contributed by atoms with Crippen molar-refractivity contribution in [3.63, 3.8) is 0 Å². The van der Waals surface area contributed by atoms with Gasteiger partial charge in [-0.2, -0.15) is 5.10 Å². The van der Waals surface area contributed by atoms with Gasteiger partial charge in [0.25, 0.3) is 0 Å². The fraction of sp³-hybridized carbons (Fsp3) is 0.143. The molecule has 0 saturated carbocycles. The number of amides is 2. The molecule has 0 saturated heterocycles. The number of benzene rings is 4. The van der Waals surface area contributed by atoms with Crippen LogP contribution in [-0.4, -0.2) is 18.9 Å². The Kier molecular flexibility index (Phi) is 7.85. The molecule has 2 amide bonds. The molecule has 0 fully saturated rings. The number of halogens is 1. The number of hydrogen-bond donors (Lipinski definition) is 2. The Hall–Kier alpha value is -4.03. The third-order valence-corrected chi connectivity index (χ3v) is 5.64. The highest BCUT2D eigenvalue weighted by Crippen LogP contribution is 2.37. The molecule has 6 nitrogen and oxygen atoms in total. The van der Waals surface area contributed by atoms with Gasteiger partial charge in [-0.05, 0) is 59.5 Å². The highest BCUT2D eigenvalue weighted by molar-refractivity contribution is 6.32. The quantitative estimate of drug-likeness (QED) is 0.209. The van der Waals surface area contributed by atoms with Gasteiger partial charge < -0.3 is 14.8 Å². The van der Waals surface area contributed by atoms with Gasteiger partial charge in [0.1, 0.15) is 6.61 Å². The summed E-state index contributed by atoms with van der Waals surface area (Å²) in [6.45, 7) is 4.59. The summed E-state index contributed by atoms with van der Waals surface area (Å²) in [5.74, 6) is 0.968. The van der Waals surface area contributed by atoms with Crippen molar-refractivity contribution in [2.75, 3.05) is 11.9 Å². The molecule has 35 heavy (non-hydrogen) atoms. The molecule has 4 rings (SSSR count). The number of carbonyl (C=O) groups excluding carboxylic acids is 1. The van der Waals surface area contributed by atoms with Crippen LogP contribution in [0.5, 0.6) is 11.5 Å². The molecule has 0 atom stereocenters. The molecule has 0 aromatic heterocycles. The summed E-state index contributed by atoms with van der Waals surface area (Å²) in [4.78, 5) is 12.2. The third kappa shape index (κ3) is 6.11. The number of urea groups is 1. The lowest BCUT2D eigenvalue weighted by atomic mass is 10.1. The normalized spacial score (nSPS) is 10.9. The van der Waals surface area contributed by atoms with Crippen LogP contribution in [0, 0.1) is 6.92 Å². The van der Waals surface area contributed by atoms with Gasteiger partial charge in [-0.3, -0.25) is 0 Å². The summed E-state index contributed by atoms with van der Waals surface area (Å²) < 4.78 is 11.9. The van der Waals surface area contributed by atoms with E-state index in [1.165, 1.54) is 6.21 Å². The van der Waals surface area contributed by atoms with E-state index < -0.39 is 6.03 Å². The van der Waals surface area contributed by atoms with Gasteiger partial charge in [0.05, 0.1) is 17.8 Å². The monoisotopic (exact) mass is 487 g/mol. The molecule has 0 radical (unpaired) electrons. The van der Waals surface area contributed by atoms with E-state index in [1.54, 1.807) is 12.1 Å². The lowest BCUT2D eigenvalue weighted by Crippen LogP contribution is -2.24. The van der Waals surface area contributed by atoms with Gasteiger partial charge >= 0.3 is 6.03 Å². The minimum Gasteiger partial charge on any atom is -0.490 e. The van der Waals surface area contributed by atoms with E-state index in [9.17, 15) is 4.79 Å². The Bertz CT molecular complexity index is 1370. The molecule has 0 aliphatic rings. The predicted molar refractivity (Wildman–Crippen MR) is 142 cm³/mol. The number of anilines is 1. The van der Waals surface area contributed by atoms with Crippen LogP contribution in [0.3, 0.4) is 0 Å². The highest BCUT2D eigenvalue weighted by Gasteiger charge is 2.13. The summed E-state index contributed by atoms with van der Waals surface area (Å²) >= 11 is 6.55. The number of para-hydroxylation sites is 1. The van der Waals surface area contributed by atoms with Gasteiger partial charge in [0.15, 0.2) is 11.5 Å². The number of ether oxygens (including phenoxy) is 2. The number of hydrogen-bond acceptors (Lipinski definition) is 4. The molecule has 0 aliphatic carbocycles. The summed E-state index contributed by atoms with van der Waals surface area (Å²) in [7, 11) is 0. The zero-order valence-electron chi connectivity index (χ0n) is 19.5. The van der Waals surface area contributed by atoms with Crippen LogP contribution in [0.2, 0.25) is 5.02 Å². The molecule has 0 aliphatic heterocycles. The van der Waals surface area contributed by atoms with Gasteiger partial charge in [-0.25, -0.2) is 10.2 Å². The number of hydrazone groups is 1. The standard InChI is InChI=1S/C28H26ClN3O3/c1-3-34-26-16-20(17-30-32-28(33)31-25-14-7-4-9-19(25)2)15-24(29)27(26)35-18-22-12-8-11-21-10-5-6-13-23(21)22/h4-17H,3,18H2,1-2H3,(H2,31,32,33). The molecule has 7 heteroatoms. The second-order valence-electron chi connectivity index (χ2n) is 7.83. The van der Waals surface area contributed by atoms with Gasteiger partial charge in [-0.15, -0.1) is 0 Å². The van der Waals surface area contributed by atoms with Crippen molar-refractivity contribution in [2.45, 2.75) is 20.5 Å². The van der Waals surface area contributed by atoms with Crippen LogP contribution < -0.4 is 20.2 Å². The van der Waals surface area contributed by atoms with Crippen molar-refractivity contribution < 1.29 is 14.3 Å². The fourth-order valence-corrected chi connectivity index (χ4v) is 3.94. The molecular weight excluding hydrogens is 462 g/mol. The molecule has 0 unspecified atom stereocenters. The molecular formula is C28H26ClN3O3. The summed E-state index contributed by atoms with van der Waals surface area (Å²) in [6, 6.07) is 24.8. The SMILES string of the molecule is CCOc1cc(C=NNC(=O)Nc2ccccc2C)cc(Cl)c1OCc1cccc2ccccc12. The maximum absolute atomic E-state index is 12.2. The largest absolute Gasteiger partial charge is 0.490 e. The maximum Gasteiger partial charge on any atom is 0.339 e. The lowest BCUT2D eigenvalue weighted by Gasteiger charge is -2.15. The second kappa shape index (κ2) is 11.4. The minimum absolute atomic E-state index is 0.342. The molecule has 0 heterocycles. The fourth-order valence-electron chi connectivity index (χ4n) is 3.66. The predicted octanol–water partition coefficient (Wildman–Crippen LogP) is 6.93. The average molecular weight is 488 g/mol. The topological polar surface area (TPSA) is 72.0 Å². The van der Waals surface area contributed by atoms with Crippen LogP contribution in [0.25, 0.3) is 10.8 Å². The third-order valence-electron chi connectivity index (χ3n) is 5.36. The van der Waals surface area contributed by atoms with Crippen molar-refractivity contribution >= 4 is 40.3 Å². The molecule has 4 aromatic carbocycles. The number of nitrogens with one attached hydrogen (secondary N) is 2. The Morgan fingerprint density at radius 3 is 2.60 bits per heavy atom. The van der Waals surface area contributed by atoms with E-state index in [1.807, 2.05) is 62.4 Å². The Morgan fingerprint density at radius 1 is 1.00 bits per heavy atom. The number of fused-ring (bicyclic) bond motifs is 1. The molecule has 178 valence electrons. The molecule has 0 bridgehead atoms. The van der Waals surface area contributed by atoms with Crippen LogP contribution in [0.4, 0.5) is 10.5 Å². The number of carbonyl (C=O) groups is 1. The lowest BCUT2D eigenvalue weighted by molar-refractivity contribution is 0.252. The van der Waals surface area contributed by atoms with E-state index in [2.05, 4.69) is 34.0 Å². The number of aryl methyl sites for hydroxylation is 1. The average Bonchev–Trinajstić information content (AvgIpc) is 2.85. The maximum atomic E-state index is 12.2. The van der Waals surface area contributed by atoms with Crippen molar-refractivity contribution in [3.05, 3.63) is 101 Å². The van der Waals surface area contributed by atoms with E-state index in [-0.39, 0.29) is 0 Å². The van der Waals surface area contributed by atoms with Crippen LogP contribution in [0.15, 0.2) is 84.0 Å². The van der Waals surface area contributed by atoms with Crippen molar-refractivity contribution in [2.24, 2.45) is 5.10 Å². The summed E-state index contributed by atoms with van der Waals surface area (Å²) in [5, 5.41) is 9.45. The van der Waals surface area contributed by atoms with Gasteiger partial charge in [0, 0.05) is 5.69 Å². The Balaban J connectivity index is 1.46. The number of rotatable bonds is 8. The van der Waals surface area contributed by atoms with E-state index in [0.717, 1.165) is 27.6 Å². The summed E-state index contributed by atoms with van der Waals surface area (Å²) in [6.07, 6.45) is 1.50.